The van der Waals surface area contributed by atoms with Gasteiger partial charge in [0.25, 0.3) is 0 Å². The van der Waals surface area contributed by atoms with Crippen LogP contribution in [0, 0.1) is 5.92 Å². The minimum atomic E-state index is -1.13. The third-order valence-corrected chi connectivity index (χ3v) is 5.87. The van der Waals surface area contributed by atoms with Crippen LogP contribution in [0.3, 0.4) is 0 Å². The van der Waals surface area contributed by atoms with Gasteiger partial charge in [-0.25, -0.2) is 9.59 Å². The summed E-state index contributed by atoms with van der Waals surface area (Å²) in [6.45, 7) is 8.35. The molecule has 0 unspecified atom stereocenters. The summed E-state index contributed by atoms with van der Waals surface area (Å²) in [5, 5.41) is 19.8. The maximum absolute atomic E-state index is 12.4. The van der Waals surface area contributed by atoms with Gasteiger partial charge in [-0.3, -0.25) is 5.43 Å². The van der Waals surface area contributed by atoms with Gasteiger partial charge in [-0.1, -0.05) is 19.9 Å². The van der Waals surface area contributed by atoms with E-state index in [2.05, 4.69) is 35.0 Å². The topological polar surface area (TPSA) is 149 Å². The molecule has 2 atom stereocenters. The highest BCUT2D eigenvalue weighted by atomic mass is 16.5. The normalized spacial score (nSPS) is 15.7. The van der Waals surface area contributed by atoms with Crippen LogP contribution in [0.1, 0.15) is 44.9 Å². The average Bonchev–Trinajstić information content (AvgIpc) is 2.95. The Bertz CT molecular complexity index is 1280. The number of ether oxygens (including phenoxy) is 5. The van der Waals surface area contributed by atoms with E-state index in [1.165, 1.54) is 7.11 Å². The van der Waals surface area contributed by atoms with E-state index in [-0.39, 0.29) is 12.2 Å². The number of nitrogens with zero attached hydrogens (tertiary/aromatic N) is 1. The van der Waals surface area contributed by atoms with Crippen molar-refractivity contribution >= 4 is 18.2 Å². The number of benzene rings is 2. The minimum absolute atomic E-state index is 0.140. The molecular weight excluding hydrogens is 532 g/mol. The second-order valence-electron chi connectivity index (χ2n) is 9.53. The van der Waals surface area contributed by atoms with E-state index in [0.29, 0.717) is 53.4 Å². The number of urea groups is 1. The van der Waals surface area contributed by atoms with Crippen molar-refractivity contribution in [3.8, 4) is 23.0 Å². The molecule has 0 aliphatic carbocycles. The summed E-state index contributed by atoms with van der Waals surface area (Å²) in [7, 11) is 2.84. The van der Waals surface area contributed by atoms with Gasteiger partial charge in [0, 0.05) is 5.70 Å². The van der Waals surface area contributed by atoms with Crippen molar-refractivity contribution in [3.63, 3.8) is 0 Å². The van der Waals surface area contributed by atoms with Crippen LogP contribution in [0.5, 0.6) is 23.0 Å². The summed E-state index contributed by atoms with van der Waals surface area (Å²) in [6.07, 6.45) is 0.413. The lowest BCUT2D eigenvalue weighted by Crippen LogP contribution is -2.45. The predicted molar refractivity (Wildman–Crippen MR) is 152 cm³/mol. The van der Waals surface area contributed by atoms with Crippen LogP contribution in [0.15, 0.2) is 52.8 Å². The Hall–Kier alpha value is -4.45. The monoisotopic (exact) mass is 570 g/mol. The molecule has 0 saturated carbocycles. The second kappa shape index (κ2) is 14.8. The van der Waals surface area contributed by atoms with Gasteiger partial charge < -0.3 is 39.4 Å². The molecule has 12 heteroatoms. The fourth-order valence-electron chi connectivity index (χ4n) is 3.96. The third kappa shape index (κ3) is 8.52. The number of hydrogen-bond acceptors (Lipinski definition) is 10. The maximum atomic E-state index is 12.4. The number of carbonyl (C=O) groups excluding carboxylic acids is 2. The number of hydrazone groups is 1. The summed E-state index contributed by atoms with van der Waals surface area (Å²) in [6, 6.07) is 9.24. The number of nitrogens with one attached hydrogen (secondary N) is 3. The Labute approximate surface area is 239 Å². The van der Waals surface area contributed by atoms with Crippen molar-refractivity contribution in [2.75, 3.05) is 34.0 Å². The zero-order chi connectivity index (χ0) is 29.9. The molecule has 0 bridgehead atoms. The van der Waals surface area contributed by atoms with Crippen molar-refractivity contribution in [2.24, 2.45) is 11.0 Å². The van der Waals surface area contributed by atoms with Gasteiger partial charge in [0.15, 0.2) is 29.2 Å². The molecule has 2 amide bonds. The molecule has 4 N–H and O–H groups in total. The van der Waals surface area contributed by atoms with Crippen molar-refractivity contribution in [2.45, 2.75) is 40.0 Å². The lowest BCUT2D eigenvalue weighted by Gasteiger charge is -2.28. The first-order chi connectivity index (χ1) is 19.7. The summed E-state index contributed by atoms with van der Waals surface area (Å²) < 4.78 is 27.6. The molecule has 12 nitrogen and oxygen atoms in total. The van der Waals surface area contributed by atoms with E-state index in [1.54, 1.807) is 44.5 Å². The number of esters is 1. The highest BCUT2D eigenvalue weighted by molar-refractivity contribution is 5.95. The maximum Gasteiger partial charge on any atom is 0.337 e. The highest BCUT2D eigenvalue weighted by Crippen LogP contribution is 2.35. The fourth-order valence-corrected chi connectivity index (χ4v) is 3.96. The smallest absolute Gasteiger partial charge is 0.337 e. The molecule has 0 radical (unpaired) electrons. The van der Waals surface area contributed by atoms with Crippen LogP contribution in [0.4, 0.5) is 4.79 Å². The fraction of sp³-hybridized carbons (Fsp3) is 0.414. The minimum Gasteiger partial charge on any atom is -0.493 e. The van der Waals surface area contributed by atoms with Crippen LogP contribution in [0.25, 0.3) is 0 Å². The van der Waals surface area contributed by atoms with E-state index in [9.17, 15) is 14.7 Å². The van der Waals surface area contributed by atoms with Gasteiger partial charge in [0.1, 0.15) is 6.61 Å². The van der Waals surface area contributed by atoms with Gasteiger partial charge in [-0.2, -0.15) is 5.10 Å². The van der Waals surface area contributed by atoms with Crippen molar-refractivity contribution in [1.82, 2.24) is 16.1 Å². The molecule has 222 valence electrons. The van der Waals surface area contributed by atoms with Gasteiger partial charge in [-0.15, -0.1) is 0 Å². The predicted octanol–water partition coefficient (Wildman–Crippen LogP) is 3.25. The number of aliphatic hydroxyl groups is 1. The van der Waals surface area contributed by atoms with Crippen molar-refractivity contribution < 1.29 is 38.4 Å². The molecule has 1 aliphatic rings. The van der Waals surface area contributed by atoms with E-state index < -0.39 is 24.3 Å². The molecule has 2 aromatic rings. The molecule has 2 aromatic carbocycles. The van der Waals surface area contributed by atoms with Crippen LogP contribution < -0.4 is 35.0 Å². The van der Waals surface area contributed by atoms with Gasteiger partial charge in [0.2, 0.25) is 0 Å². The number of rotatable bonds is 14. The van der Waals surface area contributed by atoms with Crippen LogP contribution in [0.2, 0.25) is 0 Å². The first-order valence-electron chi connectivity index (χ1n) is 13.2. The number of methoxy groups -OCH3 is 2. The molecule has 0 fully saturated rings. The summed E-state index contributed by atoms with van der Waals surface area (Å²) in [4.78, 5) is 24.5. The molecule has 1 aliphatic heterocycles. The number of carbonyl (C=O) groups is 2. The summed E-state index contributed by atoms with van der Waals surface area (Å²) >= 11 is 0. The lowest BCUT2D eigenvalue weighted by atomic mass is 9.95. The Morgan fingerprint density at radius 2 is 1.76 bits per heavy atom. The Balaban J connectivity index is 1.65. The quantitative estimate of drug-likeness (QED) is 0.116. The second-order valence-corrected chi connectivity index (χ2v) is 9.53. The number of allylic oxidation sites excluding steroid dienone is 1. The van der Waals surface area contributed by atoms with Gasteiger partial charge in [-0.05, 0) is 61.2 Å². The van der Waals surface area contributed by atoms with Crippen LogP contribution in [-0.2, 0) is 9.53 Å². The summed E-state index contributed by atoms with van der Waals surface area (Å²) in [5.41, 5.74) is 4.62. The number of amides is 2. The molecule has 3 rings (SSSR count). The largest absolute Gasteiger partial charge is 0.493 e. The SMILES string of the molecule is CCOc1cc([C@H]2NC(=O)NC(C)=C2C(=O)OC)ccc1OC[C@@H](O)N/N=C\c1ccc(OCC(C)C)c(OC)c1. The third-order valence-electron chi connectivity index (χ3n) is 5.87. The Morgan fingerprint density at radius 1 is 1.05 bits per heavy atom. The van der Waals surface area contributed by atoms with Gasteiger partial charge >= 0.3 is 12.0 Å². The Kier molecular flexibility index (Phi) is 11.2. The Morgan fingerprint density at radius 3 is 2.44 bits per heavy atom. The summed E-state index contributed by atoms with van der Waals surface area (Å²) in [5.74, 6) is 1.78. The molecule has 1 heterocycles. The molecule has 0 saturated heterocycles. The first kappa shape index (κ1) is 31.1. The van der Waals surface area contributed by atoms with Gasteiger partial charge in [0.05, 0.1) is 45.3 Å². The lowest BCUT2D eigenvalue weighted by molar-refractivity contribution is -0.136. The standard InChI is InChI=1S/C29H38N4O8/c1-7-39-24-13-20(27-26(28(35)38-6)18(4)31-29(36)32-27)9-11-22(24)41-16-25(34)33-30-14-19-8-10-21(23(12-19)37-5)40-15-17(2)3/h8-14,17,25,27,33-34H,7,15-16H2,1-6H3,(H2,31,32,36)/b30-14-/t25-,27-/m1/s1. The van der Waals surface area contributed by atoms with E-state index in [4.69, 9.17) is 23.7 Å². The molecule has 41 heavy (non-hydrogen) atoms. The van der Waals surface area contributed by atoms with Crippen molar-refractivity contribution in [3.05, 3.63) is 58.8 Å². The van der Waals surface area contributed by atoms with Crippen molar-refractivity contribution in [1.29, 1.82) is 0 Å². The molecule has 0 spiro atoms. The van der Waals surface area contributed by atoms with E-state index >= 15 is 0 Å². The highest BCUT2D eigenvalue weighted by Gasteiger charge is 2.32. The zero-order valence-corrected chi connectivity index (χ0v) is 24.1. The van der Waals surface area contributed by atoms with Crippen LogP contribution in [-0.4, -0.2) is 63.6 Å². The molecular formula is C29H38N4O8. The average molecular weight is 571 g/mol. The number of aliphatic hydroxyl groups excluding tert-OH is 1. The molecule has 0 aromatic heterocycles. The zero-order valence-electron chi connectivity index (χ0n) is 24.1. The first-order valence-corrected chi connectivity index (χ1v) is 13.2. The van der Waals surface area contributed by atoms with E-state index in [1.807, 2.05) is 19.1 Å². The van der Waals surface area contributed by atoms with Crippen LogP contribution >= 0.6 is 0 Å². The van der Waals surface area contributed by atoms with E-state index in [0.717, 1.165) is 5.56 Å². The number of hydrogen-bond donors (Lipinski definition) is 4.